The largest absolute Gasteiger partial charge is 0.458 e. The Bertz CT molecular complexity index is 634. The number of hydrogen-bond donors (Lipinski definition) is 0. The molecule has 1 saturated carbocycles. The van der Waals surface area contributed by atoms with Crippen LogP contribution < -0.4 is 0 Å². The molecule has 138 valence electrons. The number of allylic oxidation sites excluding steroid dienone is 4. The topological polar surface area (TPSA) is 43.4 Å². The minimum absolute atomic E-state index is 0.183. The van der Waals surface area contributed by atoms with Gasteiger partial charge in [0.25, 0.3) is 0 Å². The molecule has 3 heteroatoms. The van der Waals surface area contributed by atoms with Gasteiger partial charge in [0.1, 0.15) is 6.10 Å². The van der Waals surface area contributed by atoms with E-state index in [4.69, 9.17) is 4.74 Å². The van der Waals surface area contributed by atoms with E-state index in [1.165, 1.54) is 12.5 Å². The second-order valence-corrected chi connectivity index (χ2v) is 8.31. The molecule has 0 aromatic heterocycles. The Labute approximate surface area is 152 Å². The average Bonchev–Trinajstić information content (AvgIpc) is 2.72. The third kappa shape index (κ3) is 4.50. The van der Waals surface area contributed by atoms with Crippen LogP contribution in [0.1, 0.15) is 73.1 Å². The van der Waals surface area contributed by atoms with Crippen molar-refractivity contribution in [2.24, 2.45) is 11.3 Å². The average molecular weight is 344 g/mol. The fraction of sp³-hybridized carbons (Fsp3) is 0.636. The molecule has 3 atom stereocenters. The lowest BCUT2D eigenvalue weighted by atomic mass is 9.71. The van der Waals surface area contributed by atoms with Gasteiger partial charge in [0.15, 0.2) is 5.78 Å². The van der Waals surface area contributed by atoms with Crippen molar-refractivity contribution < 1.29 is 14.3 Å². The van der Waals surface area contributed by atoms with Gasteiger partial charge in [-0.15, -0.1) is 0 Å². The van der Waals surface area contributed by atoms with E-state index in [2.05, 4.69) is 26.5 Å². The highest BCUT2D eigenvalue weighted by atomic mass is 16.5. The van der Waals surface area contributed by atoms with Gasteiger partial charge < -0.3 is 4.74 Å². The maximum absolute atomic E-state index is 12.7. The monoisotopic (exact) mass is 344 g/mol. The minimum atomic E-state index is -0.305. The predicted molar refractivity (Wildman–Crippen MR) is 101 cm³/mol. The van der Waals surface area contributed by atoms with Gasteiger partial charge in [-0.3, -0.25) is 9.59 Å². The van der Waals surface area contributed by atoms with Gasteiger partial charge in [-0.25, -0.2) is 0 Å². The molecule has 3 nitrogen and oxygen atoms in total. The molecule has 2 rings (SSSR count). The molecule has 0 N–H and O–H groups in total. The molecule has 0 heterocycles. The molecular formula is C22H32O3. The van der Waals surface area contributed by atoms with Crippen LogP contribution in [0.15, 0.2) is 34.9 Å². The number of carbonyl (C=O) groups excluding carboxylic acids is 2. The smallest absolute Gasteiger partial charge is 0.303 e. The lowest BCUT2D eigenvalue weighted by molar-refractivity contribution is -0.146. The van der Waals surface area contributed by atoms with Gasteiger partial charge in [0.05, 0.1) is 0 Å². The van der Waals surface area contributed by atoms with Gasteiger partial charge in [0, 0.05) is 13.3 Å². The van der Waals surface area contributed by atoms with E-state index in [0.717, 1.165) is 42.4 Å². The van der Waals surface area contributed by atoms with Gasteiger partial charge in [0.2, 0.25) is 0 Å². The molecule has 2 aliphatic carbocycles. The molecule has 1 fully saturated rings. The lowest BCUT2D eigenvalue weighted by Gasteiger charge is -2.35. The fourth-order valence-corrected chi connectivity index (χ4v) is 4.49. The van der Waals surface area contributed by atoms with E-state index in [0.29, 0.717) is 12.8 Å². The number of fused-ring (bicyclic) bond motifs is 1. The van der Waals surface area contributed by atoms with Crippen LogP contribution in [0, 0.1) is 11.3 Å². The minimum Gasteiger partial charge on any atom is -0.458 e. The number of hydrogen-bond acceptors (Lipinski definition) is 3. The van der Waals surface area contributed by atoms with Crippen molar-refractivity contribution in [3.8, 4) is 0 Å². The first kappa shape index (κ1) is 19.7. The summed E-state index contributed by atoms with van der Waals surface area (Å²) in [4.78, 5) is 24.4. The molecule has 0 aromatic rings. The first-order valence-electron chi connectivity index (χ1n) is 9.35. The summed E-state index contributed by atoms with van der Waals surface area (Å²) in [6.07, 6.45) is 6.90. The summed E-state index contributed by atoms with van der Waals surface area (Å²) in [7, 11) is 0. The van der Waals surface area contributed by atoms with E-state index in [1.807, 2.05) is 13.8 Å². The van der Waals surface area contributed by atoms with E-state index in [-0.39, 0.29) is 29.2 Å². The maximum atomic E-state index is 12.7. The quantitative estimate of drug-likeness (QED) is 0.367. The molecule has 0 bridgehead atoms. The summed E-state index contributed by atoms with van der Waals surface area (Å²) < 4.78 is 5.62. The summed E-state index contributed by atoms with van der Waals surface area (Å²) in [5.74, 6) is 0.204. The second-order valence-electron chi connectivity index (χ2n) is 8.31. The molecule has 0 saturated heterocycles. The Hall–Kier alpha value is -1.64. The Morgan fingerprint density at radius 1 is 1.28 bits per heavy atom. The zero-order valence-electron chi connectivity index (χ0n) is 16.4. The highest BCUT2D eigenvalue weighted by molar-refractivity contribution is 5.99. The summed E-state index contributed by atoms with van der Waals surface area (Å²) in [5.41, 5.74) is 4.27. The predicted octanol–water partition coefficient (Wildman–Crippen LogP) is 5.32. The summed E-state index contributed by atoms with van der Waals surface area (Å²) in [6.45, 7) is 14.1. The van der Waals surface area contributed by atoms with Crippen molar-refractivity contribution in [3.63, 3.8) is 0 Å². The molecule has 0 aliphatic heterocycles. The summed E-state index contributed by atoms with van der Waals surface area (Å²) in [6, 6.07) is 0. The third-order valence-electron chi connectivity index (χ3n) is 5.79. The molecule has 0 spiro atoms. The van der Waals surface area contributed by atoms with Crippen LogP contribution in [-0.2, 0) is 14.3 Å². The van der Waals surface area contributed by atoms with E-state index in [1.54, 1.807) is 0 Å². The molecule has 25 heavy (non-hydrogen) atoms. The Morgan fingerprint density at radius 2 is 1.96 bits per heavy atom. The van der Waals surface area contributed by atoms with Crippen molar-refractivity contribution in [1.29, 1.82) is 0 Å². The van der Waals surface area contributed by atoms with Crippen LogP contribution in [0.5, 0.6) is 0 Å². The number of ketones is 1. The van der Waals surface area contributed by atoms with Gasteiger partial charge in [-0.2, -0.15) is 0 Å². The fourth-order valence-electron chi connectivity index (χ4n) is 4.49. The normalized spacial score (nSPS) is 33.2. The Morgan fingerprint density at radius 3 is 2.56 bits per heavy atom. The van der Waals surface area contributed by atoms with E-state index < -0.39 is 0 Å². The molecule has 0 aromatic carbocycles. The van der Waals surface area contributed by atoms with Crippen LogP contribution in [0.4, 0.5) is 0 Å². The van der Waals surface area contributed by atoms with Crippen LogP contribution >= 0.6 is 0 Å². The third-order valence-corrected chi connectivity index (χ3v) is 5.79. The molecule has 1 unspecified atom stereocenters. The van der Waals surface area contributed by atoms with Crippen molar-refractivity contribution in [2.45, 2.75) is 79.2 Å². The van der Waals surface area contributed by atoms with Gasteiger partial charge in [-0.05, 0) is 75.4 Å². The number of esters is 1. The van der Waals surface area contributed by atoms with E-state index >= 15 is 0 Å². The van der Waals surface area contributed by atoms with Crippen LogP contribution in [0.25, 0.3) is 0 Å². The number of ether oxygens (including phenoxy) is 1. The molecule has 2 aliphatic rings. The lowest BCUT2D eigenvalue weighted by Crippen LogP contribution is -2.31. The van der Waals surface area contributed by atoms with Crippen molar-refractivity contribution in [2.75, 3.05) is 0 Å². The van der Waals surface area contributed by atoms with Gasteiger partial charge in [-0.1, -0.05) is 30.7 Å². The number of carbonyl (C=O) groups is 2. The van der Waals surface area contributed by atoms with Gasteiger partial charge >= 0.3 is 5.97 Å². The second kappa shape index (κ2) is 7.72. The molecular weight excluding hydrogens is 312 g/mol. The first-order valence-corrected chi connectivity index (χ1v) is 9.35. The van der Waals surface area contributed by atoms with Crippen LogP contribution in [0.2, 0.25) is 0 Å². The summed E-state index contributed by atoms with van der Waals surface area (Å²) in [5, 5.41) is 0. The Balaban J connectivity index is 2.44. The van der Waals surface area contributed by atoms with Crippen molar-refractivity contribution in [1.82, 2.24) is 0 Å². The molecule has 0 amide bonds. The zero-order chi connectivity index (χ0) is 18.8. The highest BCUT2D eigenvalue weighted by Crippen LogP contribution is 2.52. The number of Topliss-reactive ketones (excluding diaryl/α,β-unsaturated/α-hetero) is 1. The van der Waals surface area contributed by atoms with E-state index in [9.17, 15) is 9.59 Å². The first-order chi connectivity index (χ1) is 11.6. The standard InChI is InChI=1S/C22H32O3/c1-14(2)21-18-11-10-15(3)8-7-9-16(4)20(25-17(5)23)13-22(18,6)12-19(21)24/h8,18,20H,4,7,9-13H2,1-3,5-6H3/b15-8+/t18-,20?,22+/m1/s1. The molecule has 0 radical (unpaired) electrons. The highest BCUT2D eigenvalue weighted by Gasteiger charge is 2.48. The van der Waals surface area contributed by atoms with Crippen molar-refractivity contribution in [3.05, 3.63) is 34.9 Å². The van der Waals surface area contributed by atoms with Crippen LogP contribution in [0.3, 0.4) is 0 Å². The Kier molecular flexibility index (Phi) is 6.08. The maximum Gasteiger partial charge on any atom is 0.303 e. The van der Waals surface area contributed by atoms with Crippen molar-refractivity contribution >= 4 is 11.8 Å². The zero-order valence-corrected chi connectivity index (χ0v) is 16.4. The summed E-state index contributed by atoms with van der Waals surface area (Å²) >= 11 is 0. The number of rotatable bonds is 1. The SMILES string of the molecule is C=C1CC/C=C(\C)CC[C@@H]2C(=C(C)C)C(=O)C[C@@]2(C)CC1OC(C)=O. The van der Waals surface area contributed by atoms with Crippen LogP contribution in [-0.4, -0.2) is 17.9 Å².